The Bertz CT molecular complexity index is 2630. The molecule has 5 nitrogen and oxygen atoms in total. The number of hydrogen-bond acceptors (Lipinski definition) is 5. The molecule has 8 aliphatic carbocycles. The largest absolute Gasteiger partial charge is 0.496 e. The summed E-state index contributed by atoms with van der Waals surface area (Å²) in [5, 5.41) is 4.91. The molecular weight excluding hydrogens is 777 g/mol. The van der Waals surface area contributed by atoms with E-state index in [0.717, 1.165) is 58.0 Å². The van der Waals surface area contributed by atoms with E-state index in [1.54, 1.807) is 6.92 Å². The van der Waals surface area contributed by atoms with Crippen molar-refractivity contribution < 1.29 is 23.9 Å². The molecule has 0 spiro atoms. The monoisotopic (exact) mass is 838 g/mol. The van der Waals surface area contributed by atoms with Crippen LogP contribution in [-0.2, 0) is 20.4 Å². The molecule has 6 aromatic carbocycles. The topological polar surface area (TPSA) is 69.7 Å². The number of carbonyl (C=O) groups excluding carboxylic acids is 3. The van der Waals surface area contributed by atoms with Crippen LogP contribution in [0.25, 0.3) is 43.8 Å². The van der Waals surface area contributed by atoms with E-state index in [2.05, 4.69) is 103 Å². The zero-order valence-corrected chi connectivity index (χ0v) is 36.5. The first kappa shape index (κ1) is 42.8. The third kappa shape index (κ3) is 8.03. The van der Waals surface area contributed by atoms with Gasteiger partial charge in [-0.25, -0.2) is 0 Å². The van der Waals surface area contributed by atoms with E-state index in [1.807, 2.05) is 26.4 Å². The van der Waals surface area contributed by atoms with Crippen LogP contribution in [0, 0.1) is 35.5 Å². The van der Waals surface area contributed by atoms with Crippen LogP contribution in [0.5, 0.6) is 11.5 Å². The van der Waals surface area contributed by atoms with E-state index in [4.69, 9.17) is 19.1 Å². The van der Waals surface area contributed by atoms with Crippen molar-refractivity contribution in [2.45, 2.75) is 102 Å². The molecule has 0 aromatic heterocycles. The molecule has 0 amide bonds. The molecule has 324 valence electrons. The molecular formula is C58H62O5. The third-order valence-electron chi connectivity index (χ3n) is 16.3. The molecule has 14 rings (SSSR count). The fourth-order valence-corrected chi connectivity index (χ4v) is 14.5. The van der Waals surface area contributed by atoms with Crippen molar-refractivity contribution in [2.75, 3.05) is 14.2 Å². The van der Waals surface area contributed by atoms with Crippen LogP contribution >= 0.6 is 0 Å². The smallest absolute Gasteiger partial charge is 0.373 e. The normalized spacial score (nSPS) is 27.9. The van der Waals surface area contributed by atoms with Crippen LogP contribution in [0.3, 0.4) is 0 Å². The number of ether oxygens (including phenoxy) is 2. The molecule has 63 heavy (non-hydrogen) atoms. The zero-order valence-electron chi connectivity index (χ0n) is 36.5. The van der Waals surface area contributed by atoms with Crippen molar-refractivity contribution in [3.63, 3.8) is 0 Å². The summed E-state index contributed by atoms with van der Waals surface area (Å²) in [5.74, 6) is 7.86. The number of hydrogen-bond donors (Lipinski definition) is 0. The minimum atomic E-state index is 0. The van der Waals surface area contributed by atoms with Gasteiger partial charge in [0.15, 0.2) is 5.78 Å². The van der Waals surface area contributed by atoms with Crippen LogP contribution < -0.4 is 9.47 Å². The van der Waals surface area contributed by atoms with Gasteiger partial charge in [-0.1, -0.05) is 80.2 Å². The van der Waals surface area contributed by atoms with Crippen molar-refractivity contribution in [2.24, 2.45) is 35.5 Å². The number of fused-ring (bicyclic) bond motifs is 2. The predicted octanol–water partition coefficient (Wildman–Crippen LogP) is 14.2. The number of carbonyl (C=O) groups is 1. The predicted molar refractivity (Wildman–Crippen MR) is 253 cm³/mol. The second-order valence-electron chi connectivity index (χ2n) is 20.2. The lowest BCUT2D eigenvalue weighted by Crippen LogP contribution is -2.48. The minimum Gasteiger partial charge on any atom is -0.496 e. The van der Waals surface area contributed by atoms with Gasteiger partial charge in [-0.15, -0.1) is 0 Å². The second-order valence-corrected chi connectivity index (χ2v) is 20.2. The van der Waals surface area contributed by atoms with Crippen LogP contribution in [0.15, 0.2) is 115 Å². The van der Waals surface area contributed by atoms with Crippen LogP contribution in [-0.4, -0.2) is 26.2 Å². The van der Waals surface area contributed by atoms with Gasteiger partial charge in [0.2, 0.25) is 0 Å². The summed E-state index contributed by atoms with van der Waals surface area (Å²) < 4.78 is 11.8. The lowest BCUT2D eigenvalue weighted by Gasteiger charge is -2.57. The second kappa shape index (κ2) is 17.2. The molecule has 8 saturated carbocycles. The van der Waals surface area contributed by atoms with Crippen LogP contribution in [0.2, 0.25) is 0 Å². The van der Waals surface area contributed by atoms with Gasteiger partial charge in [0.25, 0.3) is 0 Å². The third-order valence-corrected chi connectivity index (χ3v) is 16.3. The van der Waals surface area contributed by atoms with Gasteiger partial charge in [0.05, 0.1) is 14.2 Å². The van der Waals surface area contributed by atoms with E-state index in [-0.39, 0.29) is 19.4 Å². The van der Waals surface area contributed by atoms with E-state index in [1.165, 1.54) is 127 Å². The van der Waals surface area contributed by atoms with Crippen molar-refractivity contribution in [1.82, 2.24) is 0 Å². The number of benzene rings is 6. The quantitative estimate of drug-likeness (QED) is 0.150. The maximum Gasteiger partial charge on any atom is 0.373 e. The molecule has 5 heteroatoms. The maximum atomic E-state index is 11.7. The highest BCUT2D eigenvalue weighted by molar-refractivity contribution is 5.99. The van der Waals surface area contributed by atoms with Gasteiger partial charge in [0, 0.05) is 16.7 Å². The zero-order chi connectivity index (χ0) is 42.6. The SMILES string of the molecule is C.COc1ccc(-c2ccc3cc(C(C)=O)ccc3c2)cc1C12CC3CC(CC(C3)C1)C2.COc1ccc(-c2ccc3ccccc3c2)cc1C12CC3CC(CC(C3)C1)C2.O=C=O. The fourth-order valence-electron chi connectivity index (χ4n) is 14.5. The highest BCUT2D eigenvalue weighted by Crippen LogP contribution is 2.63. The average Bonchev–Trinajstić information content (AvgIpc) is 3.27. The summed E-state index contributed by atoms with van der Waals surface area (Å²) in [6.45, 7) is 1.62. The minimum absolute atomic E-state index is 0. The number of rotatable bonds is 7. The van der Waals surface area contributed by atoms with E-state index >= 15 is 0 Å². The Morgan fingerprint density at radius 2 is 0.810 bits per heavy atom. The highest BCUT2D eigenvalue weighted by atomic mass is 16.5. The van der Waals surface area contributed by atoms with Gasteiger partial charge in [-0.2, -0.15) is 9.59 Å². The summed E-state index contributed by atoms with van der Waals surface area (Å²) in [6, 6.07) is 41.8. The van der Waals surface area contributed by atoms with Crippen LogP contribution in [0.1, 0.15) is 113 Å². The summed E-state index contributed by atoms with van der Waals surface area (Å²) in [5.41, 5.74) is 9.51. The van der Waals surface area contributed by atoms with Crippen molar-refractivity contribution in [3.8, 4) is 33.8 Å². The first-order valence-electron chi connectivity index (χ1n) is 23.1. The van der Waals surface area contributed by atoms with E-state index in [0.29, 0.717) is 10.8 Å². The van der Waals surface area contributed by atoms with Crippen molar-refractivity contribution in [1.29, 1.82) is 0 Å². The molecule has 0 N–H and O–H groups in total. The van der Waals surface area contributed by atoms with Gasteiger partial charge in [-0.3, -0.25) is 4.79 Å². The lowest BCUT2D eigenvalue weighted by molar-refractivity contribution is -0.191. The summed E-state index contributed by atoms with van der Waals surface area (Å²) >= 11 is 0. The van der Waals surface area contributed by atoms with Crippen LogP contribution in [0.4, 0.5) is 0 Å². The molecule has 8 aliphatic rings. The molecule has 0 saturated heterocycles. The summed E-state index contributed by atoms with van der Waals surface area (Å²) in [7, 11) is 3.66. The number of ketones is 1. The molecule has 0 unspecified atom stereocenters. The molecule has 0 radical (unpaired) electrons. The van der Waals surface area contributed by atoms with Gasteiger partial charge >= 0.3 is 6.15 Å². The Morgan fingerprint density at radius 1 is 0.476 bits per heavy atom. The Labute approximate surface area is 373 Å². The Morgan fingerprint density at radius 3 is 1.22 bits per heavy atom. The summed E-state index contributed by atoms with van der Waals surface area (Å²) in [4.78, 5) is 28.0. The molecule has 6 aromatic rings. The highest BCUT2D eigenvalue weighted by Gasteiger charge is 2.54. The van der Waals surface area contributed by atoms with E-state index < -0.39 is 0 Å². The molecule has 0 heterocycles. The van der Waals surface area contributed by atoms with Crippen molar-refractivity contribution in [3.05, 3.63) is 132 Å². The lowest BCUT2D eigenvalue weighted by atomic mass is 9.48. The molecule has 0 atom stereocenters. The first-order chi connectivity index (χ1) is 30.2. The molecule has 8 fully saturated rings. The standard InChI is InChI=1S/C29H30O2.C27H28O.CO2.CH4/c1-18(30)22-3-4-24-13-25(6-5-23(24)12-22)26-7-8-28(31-2)27(14-26)29-15-19-9-20(16-29)11-21(10-19)17-29;1-28-26-9-8-24(23-7-6-21-4-2-3-5-22(21)13-23)14-25(26)27-15-18-10-19(16-27)12-20(11-18)17-27;2-1-3;/h3-8,12-14,19-21H,9-11,15-17H2,1-2H3;2-9,13-14,18-20H,10-12,15-17H2,1H3;;1H4. The first-order valence-corrected chi connectivity index (χ1v) is 23.1. The van der Waals surface area contributed by atoms with E-state index in [9.17, 15) is 4.79 Å². The van der Waals surface area contributed by atoms with Gasteiger partial charge < -0.3 is 9.47 Å². The molecule has 8 bridgehead atoms. The summed E-state index contributed by atoms with van der Waals surface area (Å²) in [6.07, 6.45) is 17.2. The van der Waals surface area contributed by atoms with Crippen molar-refractivity contribution >= 4 is 33.5 Å². The maximum absolute atomic E-state index is 11.7. The Hall–Kier alpha value is -5.51. The fraction of sp³-hybridized carbons (Fsp3) is 0.414. The Balaban J connectivity index is 0.000000149. The Kier molecular flexibility index (Phi) is 11.7. The average molecular weight is 839 g/mol. The molecule has 0 aliphatic heterocycles. The van der Waals surface area contributed by atoms with Gasteiger partial charge in [-0.05, 0) is 217 Å². The van der Waals surface area contributed by atoms with Gasteiger partial charge in [0.1, 0.15) is 11.5 Å². The number of methoxy groups -OCH3 is 2. The number of Topliss-reactive ketones (excluding diaryl/α,β-unsaturated/α-hetero) is 1.